The largest absolute Gasteiger partial charge is 0.288 e. The first-order valence-electron chi connectivity index (χ1n) is 14.7. The predicted octanol–water partition coefficient (Wildman–Crippen LogP) is 12.7. The van der Waals surface area contributed by atoms with Crippen molar-refractivity contribution < 1.29 is 0 Å². The fourth-order valence-corrected chi connectivity index (χ4v) is 9.99. The summed E-state index contributed by atoms with van der Waals surface area (Å²) < 4.78 is 2.47. The molecule has 0 bridgehead atoms. The van der Waals surface area contributed by atoms with Gasteiger partial charge in [-0.25, -0.2) is 0 Å². The summed E-state index contributed by atoms with van der Waals surface area (Å²) in [6, 6.07) is 4.68. The molecular formula is C33H42OS5. The lowest BCUT2D eigenvalue weighted by Crippen LogP contribution is -1.83. The minimum Gasteiger partial charge on any atom is -0.265 e. The smallest absolute Gasteiger partial charge is 0.265 e. The van der Waals surface area contributed by atoms with Crippen LogP contribution in [0.15, 0.2) is 27.7 Å². The van der Waals surface area contributed by atoms with Gasteiger partial charge in [0, 0.05) is 19.5 Å². The molecule has 0 saturated heterocycles. The van der Waals surface area contributed by atoms with Crippen LogP contribution in [-0.2, 0) is 12.8 Å². The number of aryl methyl sites for hydroxylation is 2. The summed E-state index contributed by atoms with van der Waals surface area (Å²) in [7, 11) is 0. The van der Waals surface area contributed by atoms with Gasteiger partial charge in [0.05, 0.1) is 9.40 Å². The summed E-state index contributed by atoms with van der Waals surface area (Å²) in [6.45, 7) is 4.55. The van der Waals surface area contributed by atoms with Gasteiger partial charge in [-0.1, -0.05) is 101 Å². The molecule has 0 amide bonds. The zero-order chi connectivity index (χ0) is 27.3. The third kappa shape index (κ3) is 9.93. The molecule has 6 heteroatoms. The van der Waals surface area contributed by atoms with Crippen LogP contribution in [0.1, 0.15) is 122 Å². The summed E-state index contributed by atoms with van der Waals surface area (Å²) in [5.41, 5.74) is 2.92. The third-order valence-electron chi connectivity index (χ3n) is 7.03. The van der Waals surface area contributed by atoms with Crippen molar-refractivity contribution in [3.05, 3.63) is 62.4 Å². The number of hydrogen-bond donors (Lipinski definition) is 0. The first kappa shape index (κ1) is 30.6. The van der Waals surface area contributed by atoms with E-state index in [9.17, 15) is 4.79 Å². The number of hydrogen-bond acceptors (Lipinski definition) is 6. The molecule has 0 atom stereocenters. The van der Waals surface area contributed by atoms with E-state index in [1.807, 2.05) is 22.7 Å². The van der Waals surface area contributed by atoms with E-state index in [0.717, 1.165) is 9.40 Å². The molecule has 0 spiro atoms. The van der Waals surface area contributed by atoms with Crippen LogP contribution in [0.3, 0.4) is 0 Å². The molecule has 0 N–H and O–H groups in total. The first-order chi connectivity index (χ1) is 19.2. The van der Waals surface area contributed by atoms with Crippen LogP contribution in [0.5, 0.6) is 0 Å². The average molecular weight is 615 g/mol. The minimum absolute atomic E-state index is 0.187. The topological polar surface area (TPSA) is 17.1 Å². The number of thiophene rings is 3. The lowest BCUT2D eigenvalue weighted by molar-refractivity contribution is 0.608. The normalized spacial score (nSPS) is 12.2. The Morgan fingerprint density at radius 2 is 1.00 bits per heavy atom. The van der Waals surface area contributed by atoms with E-state index in [1.54, 1.807) is 11.3 Å². The molecule has 0 aliphatic carbocycles. The van der Waals surface area contributed by atoms with Crippen LogP contribution in [0.2, 0.25) is 0 Å². The van der Waals surface area contributed by atoms with Crippen molar-refractivity contribution in [1.82, 2.24) is 0 Å². The Hall–Kier alpha value is -1.31. The van der Waals surface area contributed by atoms with Gasteiger partial charge in [-0.3, -0.25) is 4.79 Å². The summed E-state index contributed by atoms with van der Waals surface area (Å²) >= 11 is 8.25. The molecule has 0 saturated carbocycles. The van der Waals surface area contributed by atoms with E-state index in [4.69, 9.17) is 0 Å². The van der Waals surface area contributed by atoms with Gasteiger partial charge in [0.2, 0.25) is 0 Å². The SMILES string of the molecule is CCCCCCCCc1csc(/C=C/c2sc(/C=C/c3cc(CCCCCCCC)cs3)c3sc(=O)sc23)c1. The monoisotopic (exact) mass is 614 g/mol. The van der Waals surface area contributed by atoms with Crippen LogP contribution < -0.4 is 4.06 Å². The van der Waals surface area contributed by atoms with E-state index in [-0.39, 0.29) is 4.06 Å². The Balaban J connectivity index is 1.34. The molecule has 0 unspecified atom stereocenters. The fourth-order valence-electron chi connectivity index (χ4n) is 4.80. The second-order valence-corrected chi connectivity index (χ2v) is 15.6. The molecule has 39 heavy (non-hydrogen) atoms. The summed E-state index contributed by atoms with van der Waals surface area (Å²) in [4.78, 5) is 17.3. The van der Waals surface area contributed by atoms with Crippen molar-refractivity contribution >= 4 is 90.4 Å². The maximum absolute atomic E-state index is 12.3. The van der Waals surface area contributed by atoms with E-state index >= 15 is 0 Å². The molecular weight excluding hydrogens is 573 g/mol. The molecule has 1 nitrogen and oxygen atoms in total. The molecule has 4 heterocycles. The molecule has 0 aliphatic heterocycles. The highest BCUT2D eigenvalue weighted by atomic mass is 32.2. The number of fused-ring (bicyclic) bond motifs is 1. The molecule has 210 valence electrons. The third-order valence-corrected chi connectivity index (χ3v) is 12.5. The zero-order valence-electron chi connectivity index (χ0n) is 23.5. The highest BCUT2D eigenvalue weighted by Crippen LogP contribution is 2.38. The molecule has 4 aromatic rings. The summed E-state index contributed by atoms with van der Waals surface area (Å²) in [5.74, 6) is 0. The summed E-state index contributed by atoms with van der Waals surface area (Å²) in [5, 5.41) is 4.63. The summed E-state index contributed by atoms with van der Waals surface area (Å²) in [6.07, 6.45) is 27.4. The van der Waals surface area contributed by atoms with Gasteiger partial charge in [-0.05, 0) is 84.0 Å². The van der Waals surface area contributed by atoms with Crippen molar-refractivity contribution in [2.75, 3.05) is 0 Å². The Morgan fingerprint density at radius 1 is 0.564 bits per heavy atom. The van der Waals surface area contributed by atoms with Gasteiger partial charge >= 0.3 is 0 Å². The van der Waals surface area contributed by atoms with Gasteiger partial charge in [0.1, 0.15) is 0 Å². The first-order valence-corrected chi connectivity index (χ1v) is 18.9. The Morgan fingerprint density at radius 3 is 1.46 bits per heavy atom. The molecule has 0 fully saturated rings. The van der Waals surface area contributed by atoms with Crippen LogP contribution in [0.25, 0.3) is 33.7 Å². The molecule has 0 aromatic carbocycles. The fraction of sp³-hybridized carbons (Fsp3) is 0.485. The van der Waals surface area contributed by atoms with Crippen molar-refractivity contribution in [2.24, 2.45) is 0 Å². The van der Waals surface area contributed by atoms with Crippen molar-refractivity contribution in [2.45, 2.75) is 104 Å². The van der Waals surface area contributed by atoms with Crippen molar-refractivity contribution in [3.63, 3.8) is 0 Å². The van der Waals surface area contributed by atoms with Gasteiger partial charge in [0.15, 0.2) is 0 Å². The van der Waals surface area contributed by atoms with Crippen LogP contribution in [0, 0.1) is 0 Å². The second kappa shape index (κ2) is 16.8. The van der Waals surface area contributed by atoms with E-state index in [1.165, 1.54) is 143 Å². The molecule has 4 aromatic heterocycles. The van der Waals surface area contributed by atoms with E-state index in [0.29, 0.717) is 0 Å². The van der Waals surface area contributed by atoms with Crippen molar-refractivity contribution in [3.8, 4) is 0 Å². The van der Waals surface area contributed by atoms with Gasteiger partial charge in [-0.2, -0.15) is 0 Å². The lowest BCUT2D eigenvalue weighted by atomic mass is 10.1. The van der Waals surface area contributed by atoms with Crippen LogP contribution >= 0.6 is 56.7 Å². The Bertz CT molecular complexity index is 1270. The standard InChI is InChI=1S/C33H42OS5/c1-3-5-7-9-11-13-15-25-21-27(35-23-25)17-19-29-31-32(39-33(34)38-31)30(37-29)20-18-28-22-26(24-36-28)16-14-12-10-8-6-4-2/h17-24H,3-16H2,1-2H3/b19-17+,20-18+. The zero-order valence-corrected chi connectivity index (χ0v) is 27.6. The Labute approximate surface area is 255 Å². The van der Waals surface area contributed by atoms with E-state index in [2.05, 4.69) is 61.0 Å². The predicted molar refractivity (Wildman–Crippen MR) is 185 cm³/mol. The van der Waals surface area contributed by atoms with Crippen LogP contribution in [-0.4, -0.2) is 0 Å². The average Bonchev–Trinajstić information content (AvgIpc) is 3.72. The van der Waals surface area contributed by atoms with Crippen molar-refractivity contribution in [1.29, 1.82) is 0 Å². The number of unbranched alkanes of at least 4 members (excludes halogenated alkanes) is 10. The van der Waals surface area contributed by atoms with Crippen LogP contribution in [0.4, 0.5) is 0 Å². The van der Waals surface area contributed by atoms with Gasteiger partial charge in [0.25, 0.3) is 4.06 Å². The van der Waals surface area contributed by atoms with Gasteiger partial charge in [-0.15, -0.1) is 34.0 Å². The molecule has 4 rings (SSSR count). The van der Waals surface area contributed by atoms with Gasteiger partial charge < -0.3 is 0 Å². The molecule has 0 radical (unpaired) electrons. The quantitative estimate of drug-likeness (QED) is 0.102. The highest BCUT2D eigenvalue weighted by molar-refractivity contribution is 7.39. The second-order valence-electron chi connectivity index (χ2n) is 10.4. The highest BCUT2D eigenvalue weighted by Gasteiger charge is 2.12. The minimum atomic E-state index is 0.187. The molecule has 0 aliphatic rings. The maximum Gasteiger partial charge on any atom is 0.288 e. The number of rotatable bonds is 18. The Kier molecular flexibility index (Phi) is 13.2. The van der Waals surface area contributed by atoms with E-state index < -0.39 is 0 Å². The lowest BCUT2D eigenvalue weighted by Gasteiger charge is -1.99. The maximum atomic E-state index is 12.3.